The molecule has 1 N–H and O–H groups in total. The van der Waals surface area contributed by atoms with Crippen molar-refractivity contribution in [2.45, 2.75) is 43.5 Å². The molecule has 216 valence electrons. The van der Waals surface area contributed by atoms with E-state index >= 15 is 0 Å². The minimum absolute atomic E-state index is 0.0343. The molecule has 0 bridgehead atoms. The summed E-state index contributed by atoms with van der Waals surface area (Å²) in [4.78, 5) is 16.5. The molecular formula is C24H18F9N3O3S. The van der Waals surface area contributed by atoms with Crippen LogP contribution in [0.1, 0.15) is 47.2 Å². The van der Waals surface area contributed by atoms with E-state index in [0.717, 1.165) is 0 Å². The van der Waals surface area contributed by atoms with Gasteiger partial charge in [-0.25, -0.2) is 0 Å². The number of benzene rings is 2. The van der Waals surface area contributed by atoms with E-state index in [1.54, 1.807) is 13.0 Å². The number of carbonyl (C=O) groups excluding carboxylic acids is 1. The van der Waals surface area contributed by atoms with Crippen molar-refractivity contribution < 1.29 is 53.4 Å². The molecule has 16 heteroatoms. The van der Waals surface area contributed by atoms with Gasteiger partial charge in [-0.3, -0.25) is 9.00 Å². The standard InChI is InChI=1S/C24H18F9N3O3S/c1-2-40(38)12-20(37)35-19(11-34)14-5-3-13(4-6-14)18-10-21(39-36-18,24(31,32)33)15-7-16(22(25,26)27)9-17(8-15)23(28,29)30/h3-9,19H,2,10,12H2,1H3,(H,35,37). The first-order valence-electron chi connectivity index (χ1n) is 11.2. The van der Waals surface area contributed by atoms with Gasteiger partial charge < -0.3 is 10.2 Å². The third-order valence-corrected chi connectivity index (χ3v) is 7.09. The lowest BCUT2D eigenvalue weighted by Gasteiger charge is -2.30. The molecule has 0 aliphatic carbocycles. The van der Waals surface area contributed by atoms with Gasteiger partial charge in [-0.05, 0) is 29.3 Å². The summed E-state index contributed by atoms with van der Waals surface area (Å²) in [5.41, 5.74) is -9.27. The molecule has 0 fully saturated rings. The van der Waals surface area contributed by atoms with E-state index in [4.69, 9.17) is 0 Å². The molecule has 3 atom stereocenters. The van der Waals surface area contributed by atoms with Crippen LogP contribution in [0.5, 0.6) is 0 Å². The maximum Gasteiger partial charge on any atom is 0.435 e. The van der Waals surface area contributed by atoms with Crippen molar-refractivity contribution in [2.24, 2.45) is 5.16 Å². The predicted molar refractivity (Wildman–Crippen MR) is 123 cm³/mol. The molecule has 1 aliphatic heterocycles. The summed E-state index contributed by atoms with van der Waals surface area (Å²) >= 11 is 0. The fourth-order valence-electron chi connectivity index (χ4n) is 3.76. The Morgan fingerprint density at radius 2 is 1.60 bits per heavy atom. The van der Waals surface area contributed by atoms with Gasteiger partial charge in [0.15, 0.2) is 0 Å². The zero-order valence-corrected chi connectivity index (χ0v) is 21.0. The number of amides is 1. The van der Waals surface area contributed by atoms with Crippen molar-refractivity contribution in [3.8, 4) is 6.07 Å². The summed E-state index contributed by atoms with van der Waals surface area (Å²) in [5, 5.41) is 15.1. The molecular weight excluding hydrogens is 581 g/mol. The van der Waals surface area contributed by atoms with Crippen LogP contribution in [0, 0.1) is 11.3 Å². The summed E-state index contributed by atoms with van der Waals surface area (Å²) in [6, 6.07) is 5.06. The molecule has 0 radical (unpaired) electrons. The Morgan fingerprint density at radius 3 is 2.05 bits per heavy atom. The Bertz CT molecular complexity index is 1330. The summed E-state index contributed by atoms with van der Waals surface area (Å²) in [6.45, 7) is 1.59. The molecule has 1 aliphatic rings. The lowest BCUT2D eigenvalue weighted by Crippen LogP contribution is -2.43. The van der Waals surface area contributed by atoms with Crippen molar-refractivity contribution in [3.63, 3.8) is 0 Å². The summed E-state index contributed by atoms with van der Waals surface area (Å²) in [5.74, 6) is -0.828. The Kier molecular flexibility index (Phi) is 8.59. The smallest absolute Gasteiger partial charge is 0.374 e. The molecule has 0 saturated heterocycles. The van der Waals surface area contributed by atoms with Crippen LogP contribution in [0.25, 0.3) is 0 Å². The number of alkyl halides is 9. The zero-order valence-electron chi connectivity index (χ0n) is 20.2. The highest BCUT2D eigenvalue weighted by Crippen LogP contribution is 2.50. The zero-order chi connectivity index (χ0) is 30.1. The monoisotopic (exact) mass is 599 g/mol. The highest BCUT2D eigenvalue weighted by Gasteiger charge is 2.63. The van der Waals surface area contributed by atoms with Crippen molar-refractivity contribution in [2.75, 3.05) is 11.5 Å². The van der Waals surface area contributed by atoms with E-state index in [1.807, 2.05) is 0 Å². The van der Waals surface area contributed by atoms with Crippen LogP contribution in [-0.4, -0.2) is 33.5 Å². The molecule has 6 nitrogen and oxygen atoms in total. The Morgan fingerprint density at radius 1 is 1.05 bits per heavy atom. The van der Waals surface area contributed by atoms with E-state index < -0.39 is 75.7 Å². The minimum Gasteiger partial charge on any atom is -0.374 e. The van der Waals surface area contributed by atoms with Crippen LogP contribution in [0.4, 0.5) is 39.5 Å². The first-order chi connectivity index (χ1) is 18.4. The second-order valence-electron chi connectivity index (χ2n) is 8.55. The van der Waals surface area contributed by atoms with Crippen LogP contribution >= 0.6 is 0 Å². The first kappa shape index (κ1) is 30.9. The van der Waals surface area contributed by atoms with Gasteiger partial charge >= 0.3 is 18.5 Å². The Hall–Kier alpha value is -3.61. The molecule has 1 heterocycles. The molecule has 3 rings (SSSR count). The second kappa shape index (κ2) is 11.1. The van der Waals surface area contributed by atoms with Crippen molar-refractivity contribution in [1.29, 1.82) is 5.26 Å². The third kappa shape index (κ3) is 6.57. The lowest BCUT2D eigenvalue weighted by atomic mass is 9.84. The van der Waals surface area contributed by atoms with E-state index in [-0.39, 0.29) is 40.8 Å². The highest BCUT2D eigenvalue weighted by atomic mass is 32.2. The maximum atomic E-state index is 14.2. The maximum absolute atomic E-state index is 14.2. The first-order valence-corrected chi connectivity index (χ1v) is 12.7. The van der Waals surface area contributed by atoms with Crippen LogP contribution in [0.15, 0.2) is 47.6 Å². The molecule has 40 heavy (non-hydrogen) atoms. The van der Waals surface area contributed by atoms with Crippen LogP contribution in [0.3, 0.4) is 0 Å². The third-order valence-electron chi connectivity index (χ3n) is 5.87. The number of carbonyl (C=O) groups is 1. The molecule has 2 aromatic carbocycles. The minimum atomic E-state index is -5.49. The van der Waals surface area contributed by atoms with Crippen molar-refractivity contribution in [3.05, 3.63) is 70.3 Å². The number of hydrogen-bond donors (Lipinski definition) is 1. The SMILES string of the molecule is CCS(=O)CC(=O)NC(C#N)c1ccc(C2=NOC(c3cc(C(F)(F)F)cc(C(F)(F)F)c3)(C(F)(F)F)C2)cc1. The second-order valence-corrected chi connectivity index (χ2v) is 10.3. The van der Waals surface area contributed by atoms with Gasteiger partial charge in [0.25, 0.3) is 5.60 Å². The van der Waals surface area contributed by atoms with E-state index in [9.17, 15) is 53.8 Å². The summed E-state index contributed by atoms with van der Waals surface area (Å²) in [6.07, 6.45) is -17.5. The topological polar surface area (TPSA) is 91.6 Å². The van der Waals surface area contributed by atoms with Crippen molar-refractivity contribution >= 4 is 22.4 Å². The molecule has 2 aromatic rings. The van der Waals surface area contributed by atoms with Gasteiger partial charge in [-0.2, -0.15) is 44.8 Å². The molecule has 0 spiro atoms. The van der Waals surface area contributed by atoms with Gasteiger partial charge in [0.2, 0.25) is 5.91 Å². The highest BCUT2D eigenvalue weighted by molar-refractivity contribution is 7.85. The van der Waals surface area contributed by atoms with E-state index in [0.29, 0.717) is 0 Å². The normalized spacial score (nSPS) is 19.3. The van der Waals surface area contributed by atoms with E-state index in [2.05, 4.69) is 15.3 Å². The predicted octanol–water partition coefficient (Wildman–Crippen LogP) is 5.76. The Labute approximate surface area is 223 Å². The summed E-state index contributed by atoms with van der Waals surface area (Å²) in [7, 11) is -1.45. The molecule has 0 aromatic heterocycles. The average molecular weight is 599 g/mol. The number of nitrogens with one attached hydrogen (secondary N) is 1. The molecule has 0 saturated carbocycles. The largest absolute Gasteiger partial charge is 0.435 e. The fraction of sp³-hybridized carbons (Fsp3) is 0.375. The number of rotatable bonds is 7. The molecule has 1 amide bonds. The van der Waals surface area contributed by atoms with Gasteiger partial charge in [-0.1, -0.05) is 36.3 Å². The van der Waals surface area contributed by atoms with Crippen LogP contribution < -0.4 is 5.32 Å². The number of hydrogen-bond acceptors (Lipinski definition) is 5. The van der Waals surface area contributed by atoms with E-state index in [1.165, 1.54) is 24.3 Å². The average Bonchev–Trinajstić information content (AvgIpc) is 3.33. The van der Waals surface area contributed by atoms with Crippen LogP contribution in [-0.2, 0) is 38.4 Å². The van der Waals surface area contributed by atoms with Gasteiger partial charge in [0.05, 0.1) is 22.9 Å². The lowest BCUT2D eigenvalue weighted by molar-refractivity contribution is -0.276. The van der Waals surface area contributed by atoms with Gasteiger partial charge in [0.1, 0.15) is 11.8 Å². The van der Waals surface area contributed by atoms with Gasteiger partial charge in [0, 0.05) is 28.5 Å². The fourth-order valence-corrected chi connectivity index (χ4v) is 4.34. The Balaban J connectivity index is 1.94. The number of nitriles is 1. The van der Waals surface area contributed by atoms with Gasteiger partial charge in [-0.15, -0.1) is 0 Å². The number of halogens is 9. The number of oxime groups is 1. The summed E-state index contributed by atoms with van der Waals surface area (Å²) < 4.78 is 134. The quantitative estimate of drug-likeness (QED) is 0.410. The van der Waals surface area contributed by atoms with Crippen molar-refractivity contribution in [1.82, 2.24) is 5.32 Å². The van der Waals surface area contributed by atoms with Crippen LogP contribution in [0.2, 0.25) is 0 Å². The molecule has 3 unspecified atom stereocenters. The number of nitrogens with zero attached hydrogens (tertiary/aromatic N) is 2.